The maximum Gasteiger partial charge on any atom is 0.225 e. The SMILES string of the molecule is O=[C]CN=O. The van der Waals surface area contributed by atoms with Crippen molar-refractivity contribution in [1.29, 1.82) is 0 Å². The summed E-state index contributed by atoms with van der Waals surface area (Å²) in [6.07, 6.45) is 1.29. The van der Waals surface area contributed by atoms with E-state index in [0.717, 1.165) is 0 Å². The molecule has 0 fully saturated rings. The lowest BCUT2D eigenvalue weighted by Crippen LogP contribution is -1.71. The standard InChI is InChI=1S/C2H2NO2/c4-2-1-3-5/h1H2. The molecule has 0 saturated heterocycles. The third kappa shape index (κ3) is 3.27. The highest BCUT2D eigenvalue weighted by Crippen LogP contribution is 1.50. The molecule has 0 amide bonds. The molecule has 27 valence electrons. The van der Waals surface area contributed by atoms with Gasteiger partial charge in [0.25, 0.3) is 0 Å². The number of carbonyl (C=O) groups excluding carboxylic acids is 1. The van der Waals surface area contributed by atoms with Gasteiger partial charge in [-0.25, -0.2) is 0 Å². The number of nitroso groups, excluding NO2 is 1. The molecule has 0 spiro atoms. The Labute approximate surface area is 29.0 Å². The van der Waals surface area contributed by atoms with Crippen LogP contribution in [0.4, 0.5) is 0 Å². The van der Waals surface area contributed by atoms with Crippen molar-refractivity contribution in [3.8, 4) is 0 Å². The number of nitrogens with zero attached hydrogens (tertiary/aromatic N) is 1. The number of hydrogen-bond donors (Lipinski definition) is 0. The van der Waals surface area contributed by atoms with Crippen molar-refractivity contribution >= 4 is 6.29 Å². The zero-order valence-corrected chi connectivity index (χ0v) is 2.47. The maximum absolute atomic E-state index is 8.99. The van der Waals surface area contributed by atoms with Gasteiger partial charge in [-0.2, -0.15) is 4.91 Å². The van der Waals surface area contributed by atoms with Gasteiger partial charge in [0.2, 0.25) is 6.29 Å². The van der Waals surface area contributed by atoms with Crippen LogP contribution in [0.2, 0.25) is 0 Å². The maximum atomic E-state index is 8.99. The van der Waals surface area contributed by atoms with Crippen LogP contribution < -0.4 is 0 Å². The van der Waals surface area contributed by atoms with E-state index in [0.29, 0.717) is 0 Å². The van der Waals surface area contributed by atoms with E-state index in [2.05, 4.69) is 5.18 Å². The van der Waals surface area contributed by atoms with Gasteiger partial charge in [-0.1, -0.05) is 5.18 Å². The number of hydrogen-bond acceptors (Lipinski definition) is 3. The van der Waals surface area contributed by atoms with E-state index in [4.69, 9.17) is 9.70 Å². The van der Waals surface area contributed by atoms with Gasteiger partial charge in [0.1, 0.15) is 6.54 Å². The summed E-state index contributed by atoms with van der Waals surface area (Å²) in [5.41, 5.74) is 0. The van der Waals surface area contributed by atoms with E-state index in [1.165, 1.54) is 6.29 Å². The molecule has 0 rings (SSSR count). The fraction of sp³-hybridized carbons (Fsp3) is 0.500. The first kappa shape index (κ1) is 4.27. The van der Waals surface area contributed by atoms with E-state index >= 15 is 0 Å². The van der Waals surface area contributed by atoms with Gasteiger partial charge in [-0.3, -0.25) is 4.79 Å². The summed E-state index contributed by atoms with van der Waals surface area (Å²) in [7, 11) is 0. The molecule has 0 bridgehead atoms. The smallest absolute Gasteiger partial charge is 0.225 e. The van der Waals surface area contributed by atoms with Crippen LogP contribution in [0.15, 0.2) is 5.18 Å². The summed E-state index contributed by atoms with van der Waals surface area (Å²) in [6.45, 7) is -0.347. The molecule has 3 nitrogen and oxygen atoms in total. The Bertz CT molecular complexity index is 36.9. The Balaban J connectivity index is 2.65. The molecule has 3 heteroatoms. The minimum absolute atomic E-state index is 0.347. The van der Waals surface area contributed by atoms with Crippen molar-refractivity contribution < 1.29 is 4.79 Å². The molecule has 0 aromatic heterocycles. The molecule has 0 aromatic rings. The second-order valence-corrected chi connectivity index (χ2v) is 0.432. The Morgan fingerprint density at radius 2 is 2.40 bits per heavy atom. The largest absolute Gasteiger partial charge is 0.289 e. The van der Waals surface area contributed by atoms with E-state index in [9.17, 15) is 0 Å². The lowest BCUT2D eigenvalue weighted by Gasteiger charge is -1.52. The van der Waals surface area contributed by atoms with Crippen molar-refractivity contribution in [3.05, 3.63) is 4.91 Å². The van der Waals surface area contributed by atoms with Crippen LogP contribution in [0.1, 0.15) is 0 Å². The summed E-state index contributed by atoms with van der Waals surface area (Å²) in [6, 6.07) is 0. The van der Waals surface area contributed by atoms with Crippen molar-refractivity contribution in [2.24, 2.45) is 5.18 Å². The van der Waals surface area contributed by atoms with Gasteiger partial charge < -0.3 is 0 Å². The highest BCUT2D eigenvalue weighted by molar-refractivity contribution is 5.52. The Kier molecular flexibility index (Phi) is 2.79. The van der Waals surface area contributed by atoms with Crippen molar-refractivity contribution in [2.45, 2.75) is 0 Å². The molecule has 1 radical (unpaired) electrons. The number of rotatable bonds is 2. The normalized spacial score (nSPS) is 6.40. The van der Waals surface area contributed by atoms with Crippen LogP contribution in [0.25, 0.3) is 0 Å². The van der Waals surface area contributed by atoms with Gasteiger partial charge in [-0.15, -0.1) is 0 Å². The highest BCUT2D eigenvalue weighted by Gasteiger charge is 1.67. The Morgan fingerprint density at radius 3 is 2.40 bits per heavy atom. The molecule has 0 aliphatic rings. The highest BCUT2D eigenvalue weighted by atomic mass is 16.3. The van der Waals surface area contributed by atoms with E-state index < -0.39 is 0 Å². The van der Waals surface area contributed by atoms with Gasteiger partial charge >= 0.3 is 0 Å². The molecule has 0 aliphatic carbocycles. The molecule has 0 atom stereocenters. The molecule has 5 heavy (non-hydrogen) atoms. The minimum Gasteiger partial charge on any atom is -0.289 e. The topological polar surface area (TPSA) is 46.5 Å². The Morgan fingerprint density at radius 1 is 1.80 bits per heavy atom. The van der Waals surface area contributed by atoms with Gasteiger partial charge in [-0.05, 0) is 0 Å². The monoisotopic (exact) mass is 72.0 g/mol. The summed E-state index contributed by atoms with van der Waals surface area (Å²) in [4.78, 5) is 17.9. The summed E-state index contributed by atoms with van der Waals surface area (Å²) < 4.78 is 0. The molecule has 0 aliphatic heterocycles. The van der Waals surface area contributed by atoms with Crippen molar-refractivity contribution in [1.82, 2.24) is 0 Å². The van der Waals surface area contributed by atoms with Crippen LogP contribution in [0.3, 0.4) is 0 Å². The second kappa shape index (κ2) is 3.27. The first-order chi connectivity index (χ1) is 2.41. The minimum atomic E-state index is -0.347. The summed E-state index contributed by atoms with van der Waals surface area (Å²) in [5, 5.41) is 2.18. The zero-order chi connectivity index (χ0) is 4.12. The zero-order valence-electron chi connectivity index (χ0n) is 2.47. The van der Waals surface area contributed by atoms with Gasteiger partial charge in [0.05, 0.1) is 0 Å². The predicted molar refractivity (Wildman–Crippen MR) is 16.4 cm³/mol. The summed E-state index contributed by atoms with van der Waals surface area (Å²) >= 11 is 0. The molecule has 0 N–H and O–H groups in total. The molecule has 0 unspecified atom stereocenters. The van der Waals surface area contributed by atoms with Crippen LogP contribution in [-0.2, 0) is 4.79 Å². The molecule has 0 heterocycles. The summed E-state index contributed by atoms with van der Waals surface area (Å²) in [5.74, 6) is 0. The molecular weight excluding hydrogens is 70.0 g/mol. The quantitative estimate of drug-likeness (QED) is 0.426. The fourth-order valence-corrected chi connectivity index (χ4v) is 0.0264. The van der Waals surface area contributed by atoms with Gasteiger partial charge in [0, 0.05) is 0 Å². The first-order valence-corrected chi connectivity index (χ1v) is 1.06. The van der Waals surface area contributed by atoms with Crippen LogP contribution in [0, 0.1) is 4.91 Å². The fourth-order valence-electron chi connectivity index (χ4n) is 0.0264. The second-order valence-electron chi connectivity index (χ2n) is 0.432. The molecule has 0 saturated carbocycles. The first-order valence-electron chi connectivity index (χ1n) is 1.06. The third-order valence-corrected chi connectivity index (χ3v) is 0.129. The van der Waals surface area contributed by atoms with Crippen LogP contribution >= 0.6 is 0 Å². The van der Waals surface area contributed by atoms with E-state index in [1.54, 1.807) is 0 Å². The van der Waals surface area contributed by atoms with Gasteiger partial charge in [0.15, 0.2) is 0 Å². The van der Waals surface area contributed by atoms with Crippen LogP contribution in [0.5, 0.6) is 0 Å². The predicted octanol–water partition coefficient (Wildman–Crippen LogP) is -0.138. The Hall–Kier alpha value is -0.730. The van der Waals surface area contributed by atoms with Crippen LogP contribution in [-0.4, -0.2) is 12.8 Å². The third-order valence-electron chi connectivity index (χ3n) is 0.129. The van der Waals surface area contributed by atoms with E-state index in [-0.39, 0.29) is 6.54 Å². The van der Waals surface area contributed by atoms with Crippen molar-refractivity contribution in [2.75, 3.05) is 6.54 Å². The average Bonchev–Trinajstić information content (AvgIpc) is 1.41. The molecular formula is C2H2NO2. The van der Waals surface area contributed by atoms with Crippen molar-refractivity contribution in [3.63, 3.8) is 0 Å². The van der Waals surface area contributed by atoms with E-state index in [1.807, 2.05) is 0 Å². The molecule has 0 aromatic carbocycles. The lowest BCUT2D eigenvalue weighted by atomic mass is 10.8. The average molecular weight is 72.0 g/mol. The lowest BCUT2D eigenvalue weighted by molar-refractivity contribution is 0.556.